The Kier molecular flexibility index (Phi) is 2.87. The minimum atomic E-state index is -5.11. The van der Waals surface area contributed by atoms with Gasteiger partial charge in [-0.1, -0.05) is 0 Å². The summed E-state index contributed by atoms with van der Waals surface area (Å²) in [5, 5.41) is 10.2. The number of nitro groups is 1. The first-order valence-corrected chi connectivity index (χ1v) is 3.63. The van der Waals surface area contributed by atoms with E-state index in [2.05, 4.69) is 4.98 Å². The van der Waals surface area contributed by atoms with Crippen molar-refractivity contribution in [2.45, 2.75) is 12.3 Å². The third-order valence-electron chi connectivity index (χ3n) is 1.52. The normalized spacial score (nSPS) is 13.6. The molecule has 0 saturated heterocycles. The minimum Gasteiger partial charge on any atom is -0.258 e. The van der Waals surface area contributed by atoms with Crippen molar-refractivity contribution in [3.8, 4) is 0 Å². The van der Waals surface area contributed by atoms with Crippen LogP contribution < -0.4 is 0 Å². The summed E-state index contributed by atoms with van der Waals surface area (Å²) in [4.78, 5) is 12.4. The van der Waals surface area contributed by atoms with E-state index in [1.165, 1.54) is 0 Å². The zero-order chi connectivity index (χ0) is 11.6. The molecule has 0 bridgehead atoms. The highest BCUT2D eigenvalue weighted by molar-refractivity contribution is 5.30. The van der Waals surface area contributed by atoms with Crippen LogP contribution in [-0.4, -0.2) is 16.1 Å². The van der Waals surface area contributed by atoms with Crippen molar-refractivity contribution in [3.63, 3.8) is 0 Å². The van der Waals surface area contributed by atoms with Gasteiger partial charge in [-0.15, -0.1) is 0 Å². The smallest absolute Gasteiger partial charge is 0.258 e. The molecule has 1 aromatic rings. The number of hydrogen-bond donors (Lipinski definition) is 0. The molecule has 1 aromatic heterocycles. The summed E-state index contributed by atoms with van der Waals surface area (Å²) >= 11 is 0. The van der Waals surface area contributed by atoms with Gasteiger partial charge in [0.1, 0.15) is 0 Å². The first-order valence-electron chi connectivity index (χ1n) is 3.63. The van der Waals surface area contributed by atoms with Crippen LogP contribution in [0, 0.1) is 10.1 Å². The van der Waals surface area contributed by atoms with Crippen LogP contribution in [0.2, 0.25) is 0 Å². The number of rotatable bonds is 2. The standard InChI is InChI=1S/C7H4F4N2O2/c8-6(7(9,10)11)5-3-4(13(14)15)1-2-12-5/h1-3,6H. The van der Waals surface area contributed by atoms with Gasteiger partial charge >= 0.3 is 6.18 Å². The average Bonchev–Trinajstić information content (AvgIpc) is 2.15. The second kappa shape index (κ2) is 3.79. The Morgan fingerprint density at radius 1 is 1.47 bits per heavy atom. The molecule has 0 N–H and O–H groups in total. The van der Waals surface area contributed by atoms with Gasteiger partial charge in [0.15, 0.2) is 0 Å². The Morgan fingerprint density at radius 3 is 2.53 bits per heavy atom. The van der Waals surface area contributed by atoms with Crippen LogP contribution in [0.4, 0.5) is 23.2 Å². The van der Waals surface area contributed by atoms with Crippen molar-refractivity contribution in [1.82, 2.24) is 4.98 Å². The van der Waals surface area contributed by atoms with E-state index < -0.39 is 28.7 Å². The van der Waals surface area contributed by atoms with E-state index in [0.29, 0.717) is 6.07 Å². The van der Waals surface area contributed by atoms with E-state index in [4.69, 9.17) is 0 Å². The fraction of sp³-hybridized carbons (Fsp3) is 0.286. The van der Waals surface area contributed by atoms with Crippen molar-refractivity contribution in [3.05, 3.63) is 34.1 Å². The van der Waals surface area contributed by atoms with Crippen molar-refractivity contribution >= 4 is 5.69 Å². The Bertz CT molecular complexity index is 379. The van der Waals surface area contributed by atoms with Gasteiger partial charge in [0.05, 0.1) is 10.6 Å². The molecule has 0 radical (unpaired) electrons. The molecular formula is C7H4F4N2O2. The molecule has 1 rings (SSSR count). The molecule has 0 fully saturated rings. The van der Waals surface area contributed by atoms with E-state index in [9.17, 15) is 27.7 Å². The number of nitrogens with zero attached hydrogens (tertiary/aromatic N) is 2. The lowest BCUT2D eigenvalue weighted by molar-refractivity contribution is -0.385. The highest BCUT2D eigenvalue weighted by atomic mass is 19.4. The molecule has 1 heterocycles. The number of aromatic nitrogens is 1. The molecule has 82 valence electrons. The zero-order valence-electron chi connectivity index (χ0n) is 7.03. The predicted octanol–water partition coefficient (Wildman–Crippen LogP) is 2.56. The van der Waals surface area contributed by atoms with Gasteiger partial charge in [-0.05, 0) is 0 Å². The van der Waals surface area contributed by atoms with Crippen LogP contribution in [-0.2, 0) is 0 Å². The monoisotopic (exact) mass is 224 g/mol. The Balaban J connectivity index is 3.06. The molecule has 8 heteroatoms. The van der Waals surface area contributed by atoms with Crippen LogP contribution in [0.1, 0.15) is 11.9 Å². The lowest BCUT2D eigenvalue weighted by Gasteiger charge is -2.10. The maximum Gasteiger partial charge on any atom is 0.425 e. The Labute approximate surface area is 80.7 Å². The van der Waals surface area contributed by atoms with Gasteiger partial charge in [-0.2, -0.15) is 13.2 Å². The Morgan fingerprint density at radius 2 is 2.07 bits per heavy atom. The lowest BCUT2D eigenvalue weighted by atomic mass is 10.2. The summed E-state index contributed by atoms with van der Waals surface area (Å²) < 4.78 is 48.3. The van der Waals surface area contributed by atoms with E-state index in [-0.39, 0.29) is 0 Å². The molecule has 15 heavy (non-hydrogen) atoms. The minimum absolute atomic E-state index is 0.457. The van der Waals surface area contributed by atoms with Crippen molar-refractivity contribution < 1.29 is 22.5 Å². The summed E-state index contributed by atoms with van der Waals surface area (Å²) in [5.74, 6) is 0. The molecule has 0 aliphatic rings. The van der Waals surface area contributed by atoms with Crippen LogP contribution in [0.5, 0.6) is 0 Å². The van der Waals surface area contributed by atoms with E-state index >= 15 is 0 Å². The number of alkyl halides is 4. The van der Waals surface area contributed by atoms with Crippen LogP contribution in [0.25, 0.3) is 0 Å². The molecule has 0 aliphatic heterocycles. The average molecular weight is 224 g/mol. The van der Waals surface area contributed by atoms with Gasteiger partial charge in [0, 0.05) is 18.3 Å². The van der Waals surface area contributed by atoms with Crippen molar-refractivity contribution in [1.29, 1.82) is 0 Å². The lowest BCUT2D eigenvalue weighted by Crippen LogP contribution is -2.17. The quantitative estimate of drug-likeness (QED) is 0.440. The summed E-state index contributed by atoms with van der Waals surface area (Å²) in [6.07, 6.45) is -7.66. The van der Waals surface area contributed by atoms with Crippen molar-refractivity contribution in [2.75, 3.05) is 0 Å². The predicted molar refractivity (Wildman–Crippen MR) is 40.8 cm³/mol. The van der Waals surface area contributed by atoms with Crippen molar-refractivity contribution in [2.24, 2.45) is 0 Å². The molecule has 1 unspecified atom stereocenters. The molecule has 1 atom stereocenters. The molecule has 0 aliphatic carbocycles. The van der Waals surface area contributed by atoms with Gasteiger partial charge < -0.3 is 0 Å². The largest absolute Gasteiger partial charge is 0.425 e. The van der Waals surface area contributed by atoms with Gasteiger partial charge in [0.2, 0.25) is 6.17 Å². The topological polar surface area (TPSA) is 56.0 Å². The zero-order valence-corrected chi connectivity index (χ0v) is 7.03. The fourth-order valence-corrected chi connectivity index (χ4v) is 0.856. The van der Waals surface area contributed by atoms with Crippen LogP contribution in [0.3, 0.4) is 0 Å². The fourth-order valence-electron chi connectivity index (χ4n) is 0.856. The Hall–Kier alpha value is -1.73. The maximum absolute atomic E-state index is 12.7. The second-order valence-electron chi connectivity index (χ2n) is 2.60. The molecule has 0 amide bonds. The summed E-state index contributed by atoms with van der Waals surface area (Å²) in [7, 11) is 0. The molecular weight excluding hydrogens is 220 g/mol. The summed E-state index contributed by atoms with van der Waals surface area (Å²) in [6, 6.07) is 1.34. The maximum atomic E-state index is 12.7. The second-order valence-corrected chi connectivity index (χ2v) is 2.60. The molecule has 4 nitrogen and oxygen atoms in total. The van der Waals surface area contributed by atoms with Gasteiger partial charge in [-0.3, -0.25) is 15.1 Å². The molecule has 0 spiro atoms. The van der Waals surface area contributed by atoms with E-state index in [1.807, 2.05) is 0 Å². The first kappa shape index (κ1) is 11.3. The summed E-state index contributed by atoms with van der Waals surface area (Å²) in [6.45, 7) is 0. The number of pyridine rings is 1. The molecule has 0 aromatic carbocycles. The van der Waals surface area contributed by atoms with Crippen LogP contribution in [0.15, 0.2) is 18.3 Å². The van der Waals surface area contributed by atoms with Crippen LogP contribution >= 0.6 is 0 Å². The molecule has 0 saturated carbocycles. The van der Waals surface area contributed by atoms with E-state index in [1.54, 1.807) is 0 Å². The third-order valence-corrected chi connectivity index (χ3v) is 1.52. The number of hydrogen-bond acceptors (Lipinski definition) is 3. The summed E-state index contributed by atoms with van der Waals surface area (Å²) in [5.41, 5.74) is -1.65. The number of halogens is 4. The van der Waals surface area contributed by atoms with E-state index in [0.717, 1.165) is 12.3 Å². The highest BCUT2D eigenvalue weighted by Crippen LogP contribution is 2.35. The first-order chi connectivity index (χ1) is 6.82. The SMILES string of the molecule is O=[N+]([O-])c1ccnc(C(F)C(F)(F)F)c1. The van der Waals surface area contributed by atoms with Gasteiger partial charge in [0.25, 0.3) is 5.69 Å². The van der Waals surface area contributed by atoms with Gasteiger partial charge in [-0.25, -0.2) is 4.39 Å². The highest BCUT2D eigenvalue weighted by Gasteiger charge is 2.42. The third kappa shape index (κ3) is 2.61.